The summed E-state index contributed by atoms with van der Waals surface area (Å²) < 4.78 is 0. The zero-order valence-electron chi connectivity index (χ0n) is 19.5. The molecule has 0 saturated heterocycles. The van der Waals surface area contributed by atoms with Crippen molar-refractivity contribution in [1.82, 2.24) is 0 Å². The third-order valence-corrected chi connectivity index (χ3v) is 7.47. The molecule has 0 aromatic heterocycles. The van der Waals surface area contributed by atoms with Crippen LogP contribution in [0.4, 0.5) is 0 Å². The molecule has 0 heterocycles. The second-order valence-electron chi connectivity index (χ2n) is 8.83. The summed E-state index contributed by atoms with van der Waals surface area (Å²) in [4.78, 5) is 2.11. The van der Waals surface area contributed by atoms with E-state index in [4.69, 9.17) is 10.2 Å². The summed E-state index contributed by atoms with van der Waals surface area (Å²) in [7, 11) is 0. The SMILES string of the molecule is Oc1ccc(C2(c3ccc(O)cc3)CCCCC2)cc1.Oc1ccc(Sc2ccc(O)cc2)cc1. The Morgan fingerprint density at radius 3 is 1.09 bits per heavy atom. The van der Waals surface area contributed by atoms with Gasteiger partial charge in [-0.1, -0.05) is 55.3 Å². The van der Waals surface area contributed by atoms with Gasteiger partial charge in [-0.05, 0) is 96.8 Å². The molecule has 0 radical (unpaired) electrons. The Balaban J connectivity index is 0.000000172. The molecule has 0 bridgehead atoms. The molecule has 1 fully saturated rings. The maximum Gasteiger partial charge on any atom is 0.115 e. The van der Waals surface area contributed by atoms with Crippen LogP contribution in [0.5, 0.6) is 23.0 Å². The van der Waals surface area contributed by atoms with Gasteiger partial charge in [0.15, 0.2) is 0 Å². The van der Waals surface area contributed by atoms with E-state index in [1.807, 2.05) is 48.5 Å². The van der Waals surface area contributed by atoms with Crippen molar-refractivity contribution in [3.63, 3.8) is 0 Å². The number of phenols is 4. The highest BCUT2D eigenvalue weighted by molar-refractivity contribution is 7.99. The molecule has 0 unspecified atom stereocenters. The van der Waals surface area contributed by atoms with Crippen LogP contribution in [0.15, 0.2) is 107 Å². The molecule has 5 rings (SSSR count). The maximum absolute atomic E-state index is 9.51. The minimum absolute atomic E-state index is 0.0274. The second-order valence-corrected chi connectivity index (χ2v) is 9.97. The van der Waals surface area contributed by atoms with Crippen LogP contribution in [0.2, 0.25) is 0 Å². The summed E-state index contributed by atoms with van der Waals surface area (Å²) in [6.07, 6.45) is 5.99. The van der Waals surface area contributed by atoms with Gasteiger partial charge in [0.25, 0.3) is 0 Å². The molecule has 0 aliphatic heterocycles. The summed E-state index contributed by atoms with van der Waals surface area (Å²) in [6, 6.07) is 29.3. The van der Waals surface area contributed by atoms with Crippen LogP contribution in [-0.2, 0) is 5.41 Å². The van der Waals surface area contributed by atoms with Crippen LogP contribution in [0.25, 0.3) is 0 Å². The predicted molar refractivity (Wildman–Crippen MR) is 140 cm³/mol. The Kier molecular flexibility index (Phi) is 7.88. The summed E-state index contributed by atoms with van der Waals surface area (Å²) in [5.74, 6) is 1.16. The summed E-state index contributed by atoms with van der Waals surface area (Å²) in [5.41, 5.74) is 2.56. The molecular weight excluding hydrogens is 456 g/mol. The average molecular weight is 487 g/mol. The molecule has 180 valence electrons. The first-order valence-corrected chi connectivity index (χ1v) is 12.6. The Hall–Kier alpha value is -3.57. The molecule has 1 saturated carbocycles. The maximum atomic E-state index is 9.51. The number of hydrogen-bond acceptors (Lipinski definition) is 5. The zero-order valence-corrected chi connectivity index (χ0v) is 20.3. The molecular formula is C30H30O4S. The largest absolute Gasteiger partial charge is 0.508 e. The van der Waals surface area contributed by atoms with Gasteiger partial charge >= 0.3 is 0 Å². The van der Waals surface area contributed by atoms with Crippen molar-refractivity contribution in [2.75, 3.05) is 0 Å². The lowest BCUT2D eigenvalue weighted by atomic mass is 9.65. The van der Waals surface area contributed by atoms with Crippen molar-refractivity contribution in [2.24, 2.45) is 0 Å². The summed E-state index contributed by atoms with van der Waals surface area (Å²) in [5, 5.41) is 37.3. The van der Waals surface area contributed by atoms with Gasteiger partial charge in [0.1, 0.15) is 23.0 Å². The molecule has 35 heavy (non-hydrogen) atoms. The third kappa shape index (κ3) is 6.31. The van der Waals surface area contributed by atoms with Crippen LogP contribution >= 0.6 is 11.8 Å². The smallest absolute Gasteiger partial charge is 0.115 e. The molecule has 4 aromatic rings. The zero-order chi connectivity index (χ0) is 24.7. The Labute approximate surface area is 210 Å². The first kappa shape index (κ1) is 24.6. The van der Waals surface area contributed by atoms with Crippen LogP contribution in [0.3, 0.4) is 0 Å². The van der Waals surface area contributed by atoms with Gasteiger partial charge in [-0.15, -0.1) is 0 Å². The summed E-state index contributed by atoms with van der Waals surface area (Å²) >= 11 is 1.58. The van der Waals surface area contributed by atoms with E-state index in [0.29, 0.717) is 11.5 Å². The fourth-order valence-corrected chi connectivity index (χ4v) is 5.44. The van der Waals surface area contributed by atoms with Crippen LogP contribution in [0, 0.1) is 0 Å². The molecule has 5 heteroatoms. The molecule has 0 spiro atoms. The Morgan fingerprint density at radius 1 is 0.429 bits per heavy atom. The number of rotatable bonds is 4. The lowest BCUT2D eigenvalue weighted by molar-refractivity contribution is 0.345. The Bertz CT molecular complexity index is 1100. The third-order valence-electron chi connectivity index (χ3n) is 6.46. The van der Waals surface area contributed by atoms with E-state index in [1.54, 1.807) is 60.3 Å². The summed E-state index contributed by atoms with van der Waals surface area (Å²) in [6.45, 7) is 0. The van der Waals surface area contributed by atoms with Gasteiger partial charge < -0.3 is 20.4 Å². The quantitative estimate of drug-likeness (QED) is 0.239. The monoisotopic (exact) mass is 486 g/mol. The van der Waals surface area contributed by atoms with Crippen molar-refractivity contribution in [1.29, 1.82) is 0 Å². The van der Waals surface area contributed by atoms with E-state index >= 15 is 0 Å². The number of aromatic hydroxyl groups is 4. The molecule has 4 N–H and O–H groups in total. The normalized spacial score (nSPS) is 14.5. The molecule has 1 aliphatic rings. The highest BCUT2D eigenvalue weighted by atomic mass is 32.2. The first-order valence-electron chi connectivity index (χ1n) is 11.8. The van der Waals surface area contributed by atoms with Gasteiger partial charge in [-0.3, -0.25) is 0 Å². The van der Waals surface area contributed by atoms with Crippen LogP contribution < -0.4 is 0 Å². The van der Waals surface area contributed by atoms with Crippen molar-refractivity contribution in [2.45, 2.75) is 47.3 Å². The highest BCUT2D eigenvalue weighted by Gasteiger charge is 2.35. The van der Waals surface area contributed by atoms with Crippen molar-refractivity contribution in [3.8, 4) is 23.0 Å². The minimum atomic E-state index is 0.0274. The van der Waals surface area contributed by atoms with Gasteiger partial charge in [0.2, 0.25) is 0 Å². The van der Waals surface area contributed by atoms with Gasteiger partial charge in [0.05, 0.1) is 0 Å². The molecule has 1 aliphatic carbocycles. The standard InChI is InChI=1S/C18H20O2.C12H10O2S/c19-16-8-4-14(5-9-16)18(12-2-1-3-13-18)15-6-10-17(20)11-7-15;13-9-1-5-11(6-2-9)15-12-7-3-10(14)4-8-12/h4-11,19-20H,1-3,12-13H2;1-8,13-14H. The molecule has 0 amide bonds. The highest BCUT2D eigenvalue weighted by Crippen LogP contribution is 2.45. The van der Waals surface area contributed by atoms with E-state index < -0.39 is 0 Å². The van der Waals surface area contributed by atoms with E-state index in [0.717, 1.165) is 22.6 Å². The van der Waals surface area contributed by atoms with Gasteiger partial charge in [0, 0.05) is 15.2 Å². The van der Waals surface area contributed by atoms with Crippen molar-refractivity contribution >= 4 is 11.8 Å². The second kappa shape index (κ2) is 11.2. The average Bonchev–Trinajstić information content (AvgIpc) is 2.88. The Morgan fingerprint density at radius 2 is 0.743 bits per heavy atom. The van der Waals surface area contributed by atoms with Gasteiger partial charge in [-0.2, -0.15) is 0 Å². The topological polar surface area (TPSA) is 80.9 Å². The van der Waals surface area contributed by atoms with E-state index in [1.165, 1.54) is 30.4 Å². The number of phenolic OH excluding ortho intramolecular Hbond substituents is 4. The first-order chi connectivity index (χ1) is 16.9. The lowest BCUT2D eigenvalue weighted by Gasteiger charge is -2.38. The van der Waals surface area contributed by atoms with E-state index in [-0.39, 0.29) is 16.9 Å². The molecule has 4 nitrogen and oxygen atoms in total. The predicted octanol–water partition coefficient (Wildman–Crippen LogP) is 7.60. The van der Waals surface area contributed by atoms with Crippen molar-refractivity contribution in [3.05, 3.63) is 108 Å². The van der Waals surface area contributed by atoms with E-state index in [9.17, 15) is 10.2 Å². The fourth-order valence-electron chi connectivity index (χ4n) is 4.62. The van der Waals surface area contributed by atoms with Crippen LogP contribution in [-0.4, -0.2) is 20.4 Å². The molecule has 0 atom stereocenters. The van der Waals surface area contributed by atoms with E-state index in [2.05, 4.69) is 0 Å². The van der Waals surface area contributed by atoms with Crippen LogP contribution in [0.1, 0.15) is 43.2 Å². The minimum Gasteiger partial charge on any atom is -0.508 e. The van der Waals surface area contributed by atoms with Crippen molar-refractivity contribution < 1.29 is 20.4 Å². The fraction of sp³-hybridized carbons (Fsp3) is 0.200. The molecule has 4 aromatic carbocycles. The number of hydrogen-bond donors (Lipinski definition) is 4. The number of benzene rings is 4. The lowest BCUT2D eigenvalue weighted by Crippen LogP contribution is -2.30. The van der Waals surface area contributed by atoms with Gasteiger partial charge in [-0.25, -0.2) is 0 Å².